The Morgan fingerprint density at radius 2 is 1.85 bits per heavy atom. The molecule has 0 bridgehead atoms. The minimum Gasteiger partial charge on any atom is -0.493 e. The van der Waals surface area contributed by atoms with Crippen molar-refractivity contribution < 1.29 is 4.74 Å². The summed E-state index contributed by atoms with van der Waals surface area (Å²) in [5, 5.41) is 4.56. The van der Waals surface area contributed by atoms with E-state index in [4.69, 9.17) is 16.3 Å². The molecular formula is C17H24ClNO. The lowest BCUT2D eigenvalue weighted by atomic mass is 9.96. The van der Waals surface area contributed by atoms with Crippen LogP contribution in [-0.4, -0.2) is 12.6 Å². The summed E-state index contributed by atoms with van der Waals surface area (Å²) in [5.74, 6) is 1.08. The van der Waals surface area contributed by atoms with Crippen LogP contribution in [0.15, 0.2) is 12.1 Å². The fourth-order valence-electron chi connectivity index (χ4n) is 3.39. The van der Waals surface area contributed by atoms with Crippen molar-refractivity contribution >= 4 is 11.6 Å². The number of nitrogens with one attached hydrogen (secondary N) is 1. The van der Waals surface area contributed by atoms with Crippen LogP contribution in [0.5, 0.6) is 5.75 Å². The molecule has 1 aliphatic carbocycles. The molecule has 20 heavy (non-hydrogen) atoms. The second-order valence-electron chi connectivity index (χ2n) is 6.07. The smallest absolute Gasteiger partial charge is 0.127 e. The van der Waals surface area contributed by atoms with E-state index in [9.17, 15) is 0 Å². The fraction of sp³-hybridized carbons (Fsp3) is 0.647. The number of fused-ring (bicyclic) bond motifs is 1. The minimum atomic E-state index is 0.659. The average molecular weight is 294 g/mol. The van der Waals surface area contributed by atoms with E-state index in [-0.39, 0.29) is 0 Å². The van der Waals surface area contributed by atoms with Gasteiger partial charge >= 0.3 is 0 Å². The van der Waals surface area contributed by atoms with Crippen LogP contribution in [0.25, 0.3) is 0 Å². The highest BCUT2D eigenvalue weighted by Crippen LogP contribution is 2.33. The summed E-state index contributed by atoms with van der Waals surface area (Å²) in [7, 11) is 0. The summed E-state index contributed by atoms with van der Waals surface area (Å²) in [4.78, 5) is 0. The predicted molar refractivity (Wildman–Crippen MR) is 83.6 cm³/mol. The summed E-state index contributed by atoms with van der Waals surface area (Å²) in [6, 6.07) is 4.76. The third-order valence-electron chi connectivity index (χ3n) is 4.51. The van der Waals surface area contributed by atoms with E-state index in [2.05, 4.69) is 11.4 Å². The van der Waals surface area contributed by atoms with E-state index in [0.717, 1.165) is 30.3 Å². The summed E-state index contributed by atoms with van der Waals surface area (Å²) in [6.07, 6.45) is 10.5. The number of hydrogen-bond acceptors (Lipinski definition) is 2. The SMILES string of the molecule is Clc1cc2c(c(CNC3CCCCCCC3)c1)OCC2. The van der Waals surface area contributed by atoms with Crippen molar-refractivity contribution in [3.8, 4) is 5.75 Å². The predicted octanol–water partition coefficient (Wildman–Crippen LogP) is 4.48. The normalized spacial score (nSPS) is 20.1. The van der Waals surface area contributed by atoms with Crippen LogP contribution in [0.4, 0.5) is 0 Å². The Morgan fingerprint density at radius 3 is 2.65 bits per heavy atom. The van der Waals surface area contributed by atoms with Crippen molar-refractivity contribution in [2.24, 2.45) is 0 Å². The number of ether oxygens (including phenoxy) is 1. The Balaban J connectivity index is 1.63. The first kappa shape index (κ1) is 14.2. The lowest BCUT2D eigenvalue weighted by molar-refractivity contribution is 0.347. The van der Waals surface area contributed by atoms with Crippen molar-refractivity contribution in [2.45, 2.75) is 64.0 Å². The van der Waals surface area contributed by atoms with Gasteiger partial charge in [0.25, 0.3) is 0 Å². The Hall–Kier alpha value is -0.730. The molecule has 1 aliphatic heterocycles. The fourth-order valence-corrected chi connectivity index (χ4v) is 3.66. The van der Waals surface area contributed by atoms with E-state index >= 15 is 0 Å². The zero-order chi connectivity index (χ0) is 13.8. The van der Waals surface area contributed by atoms with Gasteiger partial charge in [-0.1, -0.05) is 43.7 Å². The van der Waals surface area contributed by atoms with Gasteiger partial charge in [-0.3, -0.25) is 0 Å². The van der Waals surface area contributed by atoms with Crippen LogP contribution >= 0.6 is 11.6 Å². The van der Waals surface area contributed by atoms with Crippen LogP contribution in [-0.2, 0) is 13.0 Å². The van der Waals surface area contributed by atoms with Crippen LogP contribution in [0.3, 0.4) is 0 Å². The summed E-state index contributed by atoms with van der Waals surface area (Å²) < 4.78 is 5.77. The van der Waals surface area contributed by atoms with E-state index in [1.54, 1.807) is 0 Å². The monoisotopic (exact) mass is 293 g/mol. The van der Waals surface area contributed by atoms with Gasteiger partial charge in [0.2, 0.25) is 0 Å². The molecule has 1 saturated carbocycles. The highest BCUT2D eigenvalue weighted by atomic mass is 35.5. The third kappa shape index (κ3) is 3.48. The maximum absolute atomic E-state index is 6.21. The number of halogens is 1. The Labute approximate surface area is 126 Å². The Kier molecular flexibility index (Phi) is 4.85. The number of benzene rings is 1. The first-order valence-corrected chi connectivity index (χ1v) is 8.38. The molecule has 2 aliphatic rings. The zero-order valence-electron chi connectivity index (χ0n) is 12.1. The molecule has 1 fully saturated rings. The van der Waals surface area contributed by atoms with Crippen LogP contribution in [0.2, 0.25) is 5.02 Å². The summed E-state index contributed by atoms with van der Waals surface area (Å²) in [6.45, 7) is 1.68. The van der Waals surface area contributed by atoms with Gasteiger partial charge in [0.15, 0.2) is 0 Å². The zero-order valence-corrected chi connectivity index (χ0v) is 12.8. The first-order chi connectivity index (χ1) is 9.83. The highest BCUT2D eigenvalue weighted by Gasteiger charge is 2.18. The summed E-state index contributed by atoms with van der Waals surface area (Å²) in [5.41, 5.74) is 2.50. The van der Waals surface area contributed by atoms with Gasteiger partial charge in [0, 0.05) is 29.6 Å². The first-order valence-electron chi connectivity index (χ1n) is 8.00. The molecular weight excluding hydrogens is 270 g/mol. The average Bonchev–Trinajstić information content (AvgIpc) is 2.85. The third-order valence-corrected chi connectivity index (χ3v) is 4.73. The van der Waals surface area contributed by atoms with Crippen molar-refractivity contribution in [1.82, 2.24) is 5.32 Å². The molecule has 0 radical (unpaired) electrons. The Bertz CT molecular complexity index is 453. The van der Waals surface area contributed by atoms with Gasteiger partial charge in [0.05, 0.1) is 6.61 Å². The largest absolute Gasteiger partial charge is 0.493 e. The lowest BCUT2D eigenvalue weighted by Gasteiger charge is -2.21. The molecule has 0 spiro atoms. The molecule has 2 nitrogen and oxygen atoms in total. The van der Waals surface area contributed by atoms with Gasteiger partial charge in [-0.25, -0.2) is 0 Å². The van der Waals surface area contributed by atoms with Gasteiger partial charge in [0.1, 0.15) is 5.75 Å². The van der Waals surface area contributed by atoms with E-state index in [1.165, 1.54) is 56.1 Å². The quantitative estimate of drug-likeness (QED) is 0.887. The second-order valence-corrected chi connectivity index (χ2v) is 6.51. The molecule has 1 aromatic carbocycles. The van der Waals surface area contributed by atoms with E-state index in [1.807, 2.05) is 6.07 Å². The molecule has 0 amide bonds. The molecule has 0 atom stereocenters. The van der Waals surface area contributed by atoms with Crippen molar-refractivity contribution in [3.63, 3.8) is 0 Å². The molecule has 1 N–H and O–H groups in total. The topological polar surface area (TPSA) is 21.3 Å². The molecule has 3 rings (SSSR count). The summed E-state index contributed by atoms with van der Waals surface area (Å²) >= 11 is 6.21. The Morgan fingerprint density at radius 1 is 1.10 bits per heavy atom. The molecule has 0 aromatic heterocycles. The highest BCUT2D eigenvalue weighted by molar-refractivity contribution is 6.30. The lowest BCUT2D eigenvalue weighted by Crippen LogP contribution is -2.29. The standard InChI is InChI=1S/C17H24ClNO/c18-15-10-13-8-9-20-17(13)14(11-15)12-19-16-6-4-2-1-3-5-7-16/h10-11,16,19H,1-9,12H2. The second kappa shape index (κ2) is 6.82. The molecule has 1 aromatic rings. The minimum absolute atomic E-state index is 0.659. The van der Waals surface area contributed by atoms with Gasteiger partial charge in [-0.2, -0.15) is 0 Å². The van der Waals surface area contributed by atoms with E-state index in [0.29, 0.717) is 6.04 Å². The van der Waals surface area contributed by atoms with Crippen molar-refractivity contribution in [1.29, 1.82) is 0 Å². The van der Waals surface area contributed by atoms with Gasteiger partial charge in [-0.15, -0.1) is 0 Å². The van der Waals surface area contributed by atoms with Crippen molar-refractivity contribution in [3.05, 3.63) is 28.3 Å². The number of hydrogen-bond donors (Lipinski definition) is 1. The van der Waals surface area contributed by atoms with Gasteiger partial charge < -0.3 is 10.1 Å². The van der Waals surface area contributed by atoms with Crippen LogP contribution in [0, 0.1) is 0 Å². The molecule has 110 valence electrons. The molecule has 1 heterocycles. The van der Waals surface area contributed by atoms with E-state index < -0.39 is 0 Å². The van der Waals surface area contributed by atoms with Crippen LogP contribution < -0.4 is 10.1 Å². The maximum Gasteiger partial charge on any atom is 0.127 e. The molecule has 0 saturated heterocycles. The molecule has 0 unspecified atom stereocenters. The maximum atomic E-state index is 6.21. The molecule has 3 heteroatoms. The van der Waals surface area contributed by atoms with Gasteiger partial charge in [-0.05, 0) is 30.5 Å². The van der Waals surface area contributed by atoms with Crippen LogP contribution in [0.1, 0.15) is 56.1 Å². The van der Waals surface area contributed by atoms with Crippen molar-refractivity contribution in [2.75, 3.05) is 6.61 Å². The number of rotatable bonds is 3.